The van der Waals surface area contributed by atoms with Crippen molar-refractivity contribution in [1.29, 1.82) is 0 Å². The average Bonchev–Trinajstić information content (AvgIpc) is 2.13. The molecule has 0 spiro atoms. The van der Waals surface area contributed by atoms with Gasteiger partial charge in [-0.2, -0.15) is 0 Å². The zero-order chi connectivity index (χ0) is 58.6. The van der Waals surface area contributed by atoms with E-state index in [1.807, 2.05) is 243 Å². The van der Waals surface area contributed by atoms with E-state index < -0.39 is 60.5 Å². The molecule has 9 aromatic rings. The van der Waals surface area contributed by atoms with Crippen LogP contribution in [-0.4, -0.2) is 81.0 Å². The van der Waals surface area contributed by atoms with Gasteiger partial charge in [-0.05, 0) is 62.2 Å². The Bertz CT molecular complexity index is 3340. The zero-order valence-electron chi connectivity index (χ0n) is 48.5. The Morgan fingerprint density at radius 1 is 0.349 bits per heavy atom. The minimum atomic E-state index is -1.19. The van der Waals surface area contributed by atoms with Crippen molar-refractivity contribution >= 4 is 5.78 Å². The van der Waals surface area contributed by atoms with Crippen LogP contribution in [0.1, 0.15) is 56.5 Å². The second kappa shape index (κ2) is 30.4. The molecule has 0 unspecified atom stereocenters. The van der Waals surface area contributed by atoms with Crippen LogP contribution in [0.25, 0.3) is 0 Å². The SMILES string of the molecule is COc1ccc(C(OC[C@H]2O[C@H](C[C@H]3O[C@H](COCc4ccccc4)[C@@H](OCc4ccccc4)[C@H](OCc4ccccc4)[C@H]3OCc3ccccc3)C(=O)[C@@H](OCc3ccccc3)[C@@H]2OCc2ccccc2)(c2ccccc2)c2ccccc2)cc1. The highest BCUT2D eigenvalue weighted by atomic mass is 16.6. The van der Waals surface area contributed by atoms with Gasteiger partial charge in [-0.1, -0.05) is 255 Å². The Hall–Kier alpha value is -7.91. The highest BCUT2D eigenvalue weighted by Gasteiger charge is 2.53. The van der Waals surface area contributed by atoms with Gasteiger partial charge in [-0.3, -0.25) is 4.79 Å². The van der Waals surface area contributed by atoms with Gasteiger partial charge in [0.25, 0.3) is 0 Å². The van der Waals surface area contributed by atoms with Gasteiger partial charge in [-0.25, -0.2) is 0 Å². The van der Waals surface area contributed by atoms with Crippen LogP contribution in [0.2, 0.25) is 0 Å². The van der Waals surface area contributed by atoms with Gasteiger partial charge in [0, 0.05) is 6.42 Å². The lowest BCUT2D eigenvalue weighted by molar-refractivity contribution is -0.280. The van der Waals surface area contributed by atoms with E-state index in [9.17, 15) is 0 Å². The highest BCUT2D eigenvalue weighted by molar-refractivity contribution is 5.89. The van der Waals surface area contributed by atoms with Gasteiger partial charge in [0.15, 0.2) is 5.78 Å². The van der Waals surface area contributed by atoms with Crippen molar-refractivity contribution in [3.63, 3.8) is 0 Å². The maximum atomic E-state index is 16.0. The Morgan fingerprint density at radius 2 is 0.698 bits per heavy atom. The van der Waals surface area contributed by atoms with Crippen LogP contribution in [0.4, 0.5) is 0 Å². The molecule has 0 N–H and O–H groups in total. The Morgan fingerprint density at radius 3 is 1.13 bits per heavy atom. The van der Waals surface area contributed by atoms with Crippen LogP contribution in [0.15, 0.2) is 267 Å². The molecule has 0 aromatic heterocycles. The molecular formula is C75H74O11. The number of benzene rings is 9. The highest BCUT2D eigenvalue weighted by Crippen LogP contribution is 2.43. The van der Waals surface area contributed by atoms with E-state index in [1.165, 1.54) is 0 Å². The first-order valence-corrected chi connectivity index (χ1v) is 29.6. The molecule has 0 aliphatic carbocycles. The number of hydrogen-bond acceptors (Lipinski definition) is 11. The van der Waals surface area contributed by atoms with Crippen LogP contribution in [-0.2, 0) is 92.7 Å². The third-order valence-corrected chi connectivity index (χ3v) is 15.9. The second-order valence-corrected chi connectivity index (χ2v) is 21.7. The number of rotatable bonds is 28. The number of hydrogen-bond donors (Lipinski definition) is 0. The first kappa shape index (κ1) is 59.8. The number of carbonyl (C=O) groups is 1. The molecule has 0 bridgehead atoms. The van der Waals surface area contributed by atoms with E-state index in [-0.39, 0.29) is 58.5 Å². The third kappa shape index (κ3) is 15.4. The fraction of sp³-hybridized carbons (Fsp3) is 0.267. The maximum absolute atomic E-state index is 16.0. The van der Waals surface area contributed by atoms with Crippen LogP contribution < -0.4 is 4.74 Å². The predicted molar refractivity (Wildman–Crippen MR) is 330 cm³/mol. The molecule has 9 aromatic carbocycles. The van der Waals surface area contributed by atoms with Crippen molar-refractivity contribution in [3.8, 4) is 5.75 Å². The van der Waals surface area contributed by atoms with Gasteiger partial charge in [0.1, 0.15) is 60.2 Å². The van der Waals surface area contributed by atoms with E-state index in [0.29, 0.717) is 12.4 Å². The molecule has 0 radical (unpaired) electrons. The lowest BCUT2D eigenvalue weighted by Gasteiger charge is -2.48. The fourth-order valence-corrected chi connectivity index (χ4v) is 11.5. The third-order valence-electron chi connectivity index (χ3n) is 15.9. The van der Waals surface area contributed by atoms with Crippen molar-refractivity contribution < 1.29 is 52.2 Å². The first-order valence-electron chi connectivity index (χ1n) is 29.6. The van der Waals surface area contributed by atoms with Crippen molar-refractivity contribution in [1.82, 2.24) is 0 Å². The van der Waals surface area contributed by atoms with E-state index >= 15 is 4.79 Å². The molecule has 2 heterocycles. The monoisotopic (exact) mass is 1150 g/mol. The molecule has 2 fully saturated rings. The Kier molecular flexibility index (Phi) is 21.2. The van der Waals surface area contributed by atoms with Gasteiger partial charge < -0.3 is 47.4 Å². The molecule has 11 nitrogen and oxygen atoms in total. The average molecular weight is 1150 g/mol. The van der Waals surface area contributed by atoms with E-state index in [4.69, 9.17) is 47.4 Å². The minimum absolute atomic E-state index is 0.0399. The topological polar surface area (TPSA) is 109 Å². The number of ketones is 1. The number of Topliss-reactive ketones (excluding diaryl/α,β-unsaturated/α-hetero) is 1. The molecule has 2 saturated heterocycles. The summed E-state index contributed by atoms with van der Waals surface area (Å²) in [5.74, 6) is 0.408. The molecule has 2 aliphatic rings. The molecule has 2 aliphatic heterocycles. The molecule has 9 atom stereocenters. The quantitative estimate of drug-likeness (QED) is 0.0437. The van der Waals surface area contributed by atoms with Crippen LogP contribution in [0, 0.1) is 0 Å². The van der Waals surface area contributed by atoms with Crippen LogP contribution in [0.3, 0.4) is 0 Å². The maximum Gasteiger partial charge on any atom is 0.193 e. The van der Waals surface area contributed by atoms with Crippen molar-refractivity contribution in [2.45, 2.75) is 107 Å². The molecule has 0 amide bonds. The smallest absolute Gasteiger partial charge is 0.193 e. The summed E-state index contributed by atoms with van der Waals surface area (Å²) < 4.78 is 69.9. The summed E-state index contributed by atoms with van der Waals surface area (Å²) in [4.78, 5) is 16.0. The van der Waals surface area contributed by atoms with E-state index in [2.05, 4.69) is 24.3 Å². The Balaban J connectivity index is 1.00. The molecule has 11 rings (SSSR count). The standard InChI is InChI=1S/C75H74O11/c1-77-64-44-42-63(43-45-64)75(61-38-22-8-23-39-61,62-40-24-9-25-41-62)84-54-68-71(80-49-57-30-14-4-15-31-57)73(82-51-59-34-18-6-19-35-59)69(76)65(85-68)46-66-70(79-48-56-28-12-3-13-29-56)74(83-52-60-36-20-7-21-37-60)72(81-50-58-32-16-5-17-33-58)67(86-66)53-78-47-55-26-10-2-11-27-55/h2-45,65-68,70-74H,46-54H2,1H3/t65-,66-,67-,68-,70+,71-,72-,73-,74-/m1/s1. The summed E-state index contributed by atoms with van der Waals surface area (Å²) in [7, 11) is 1.66. The summed E-state index contributed by atoms with van der Waals surface area (Å²) in [6.07, 6.45) is -7.80. The van der Waals surface area contributed by atoms with E-state index in [0.717, 1.165) is 50.1 Å². The fourth-order valence-electron chi connectivity index (χ4n) is 11.5. The number of carbonyl (C=O) groups excluding carboxylic acids is 1. The summed E-state index contributed by atoms with van der Waals surface area (Å²) in [6, 6.07) is 88.2. The van der Waals surface area contributed by atoms with Crippen molar-refractivity contribution in [3.05, 3.63) is 317 Å². The molecule has 440 valence electrons. The zero-order valence-corrected chi connectivity index (χ0v) is 48.5. The van der Waals surface area contributed by atoms with Crippen molar-refractivity contribution in [2.24, 2.45) is 0 Å². The summed E-state index contributed by atoms with van der Waals surface area (Å²) >= 11 is 0. The minimum Gasteiger partial charge on any atom is -0.497 e. The summed E-state index contributed by atoms with van der Waals surface area (Å²) in [5, 5.41) is 0. The van der Waals surface area contributed by atoms with Crippen LogP contribution >= 0.6 is 0 Å². The number of ether oxygens (including phenoxy) is 10. The van der Waals surface area contributed by atoms with Gasteiger partial charge in [0.05, 0.1) is 66.1 Å². The number of methoxy groups -OCH3 is 1. The van der Waals surface area contributed by atoms with E-state index in [1.54, 1.807) is 7.11 Å². The molecule has 0 saturated carbocycles. The van der Waals surface area contributed by atoms with Gasteiger partial charge in [0.2, 0.25) is 0 Å². The molecular weight excluding hydrogens is 1080 g/mol. The second-order valence-electron chi connectivity index (χ2n) is 21.7. The largest absolute Gasteiger partial charge is 0.497 e. The van der Waals surface area contributed by atoms with Gasteiger partial charge >= 0.3 is 0 Å². The molecule has 86 heavy (non-hydrogen) atoms. The Labute approximate surface area is 505 Å². The lowest BCUT2D eigenvalue weighted by Crippen LogP contribution is -2.64. The summed E-state index contributed by atoms with van der Waals surface area (Å²) in [6.45, 7) is 1.47. The van der Waals surface area contributed by atoms with Gasteiger partial charge in [-0.15, -0.1) is 0 Å². The van der Waals surface area contributed by atoms with Crippen molar-refractivity contribution in [2.75, 3.05) is 20.3 Å². The molecule has 11 heteroatoms. The predicted octanol–water partition coefficient (Wildman–Crippen LogP) is 13.6. The lowest BCUT2D eigenvalue weighted by atomic mass is 9.80. The summed E-state index contributed by atoms with van der Waals surface area (Å²) in [5.41, 5.74) is 7.19. The van der Waals surface area contributed by atoms with Crippen LogP contribution in [0.5, 0.6) is 5.75 Å². The normalized spacial score (nSPS) is 21.4. The first-order chi connectivity index (χ1) is 42.5.